The van der Waals surface area contributed by atoms with Gasteiger partial charge in [-0.25, -0.2) is 4.98 Å². The van der Waals surface area contributed by atoms with Gasteiger partial charge in [-0.2, -0.15) is 4.99 Å². The molecule has 0 aliphatic heterocycles. The Morgan fingerprint density at radius 3 is 2.62 bits per heavy atom. The number of aromatic nitrogens is 1. The molecule has 24 heavy (non-hydrogen) atoms. The Hall–Kier alpha value is -2.92. The van der Waals surface area contributed by atoms with Crippen LogP contribution in [0, 0.1) is 0 Å². The van der Waals surface area contributed by atoms with Crippen molar-refractivity contribution in [3.8, 4) is 5.75 Å². The number of hydrazine groups is 1. The van der Waals surface area contributed by atoms with Crippen LogP contribution in [0.2, 0.25) is 0 Å². The highest BCUT2D eigenvalue weighted by Gasteiger charge is 2.10. The smallest absolute Gasteiger partial charge is 0.289 e. The molecule has 126 valence electrons. The van der Waals surface area contributed by atoms with Crippen molar-refractivity contribution in [2.75, 3.05) is 12.4 Å². The van der Waals surface area contributed by atoms with Crippen LogP contribution in [0.3, 0.4) is 0 Å². The number of hydrogen-bond donors (Lipinski definition) is 5. The second kappa shape index (κ2) is 8.08. The third kappa shape index (κ3) is 5.07. The van der Waals surface area contributed by atoms with Crippen LogP contribution in [-0.4, -0.2) is 29.1 Å². The Labute approximate surface area is 147 Å². The summed E-state index contributed by atoms with van der Waals surface area (Å²) in [6.07, 6.45) is 0. The van der Waals surface area contributed by atoms with Gasteiger partial charge in [0.2, 0.25) is 5.13 Å². The van der Waals surface area contributed by atoms with Gasteiger partial charge in [0, 0.05) is 11.1 Å². The largest absolute Gasteiger partial charge is 0.497 e. The average Bonchev–Trinajstić information content (AvgIpc) is 3.01. The normalized spacial score (nSPS) is 9.71. The Kier molecular flexibility index (Phi) is 5.87. The number of carbonyl (C=O) groups is 1. The molecule has 0 fully saturated rings. The number of anilines is 1. The van der Waals surface area contributed by atoms with Crippen molar-refractivity contribution in [3.63, 3.8) is 0 Å². The number of guanidine groups is 1. The van der Waals surface area contributed by atoms with E-state index in [2.05, 4.69) is 26.1 Å². The topological polar surface area (TPSA) is 140 Å². The number of methoxy groups -OCH3 is 1. The van der Waals surface area contributed by atoms with Crippen molar-refractivity contribution < 1.29 is 9.53 Å². The number of nitrogens with zero attached hydrogens (tertiary/aromatic N) is 2. The molecule has 0 atom stereocenters. The van der Waals surface area contributed by atoms with E-state index in [-0.39, 0.29) is 16.8 Å². The molecule has 2 aromatic rings. The maximum atomic E-state index is 11.9. The van der Waals surface area contributed by atoms with Crippen molar-refractivity contribution in [1.82, 2.24) is 15.8 Å². The van der Waals surface area contributed by atoms with Crippen LogP contribution in [-0.2, 0) is 0 Å². The molecule has 1 amide bonds. The summed E-state index contributed by atoms with van der Waals surface area (Å²) in [5.74, 6) is 0.134. The SMILES string of the molecule is COc1ccc(NC(=S)NNC(=O)c2csc(N=C(N)N)n2)cc1. The molecular weight excluding hydrogens is 350 g/mol. The van der Waals surface area contributed by atoms with Crippen LogP contribution in [0.4, 0.5) is 10.8 Å². The van der Waals surface area contributed by atoms with Crippen LogP contribution >= 0.6 is 23.6 Å². The van der Waals surface area contributed by atoms with Crippen molar-refractivity contribution in [2.24, 2.45) is 16.5 Å². The molecule has 1 aromatic heterocycles. The van der Waals surface area contributed by atoms with Crippen LogP contribution in [0.25, 0.3) is 0 Å². The molecule has 0 aliphatic carbocycles. The fourth-order valence-corrected chi connectivity index (χ4v) is 2.40. The molecule has 0 bridgehead atoms. The van der Waals surface area contributed by atoms with Gasteiger partial charge >= 0.3 is 0 Å². The number of rotatable bonds is 4. The number of amides is 1. The Morgan fingerprint density at radius 1 is 1.29 bits per heavy atom. The number of carbonyl (C=O) groups excluding carboxylic acids is 1. The molecule has 9 nitrogen and oxygen atoms in total. The molecule has 7 N–H and O–H groups in total. The standard InChI is InChI=1S/C13H15N7O2S2/c1-22-8-4-2-7(3-5-8)16-12(23)20-19-10(21)9-6-24-13(17-9)18-11(14)15/h2-6H,1H3,(H,19,21)(H2,16,20,23)(H4,14,15,17,18). The highest BCUT2D eigenvalue weighted by molar-refractivity contribution is 7.80. The monoisotopic (exact) mass is 365 g/mol. The van der Waals surface area contributed by atoms with Gasteiger partial charge in [0.15, 0.2) is 11.1 Å². The summed E-state index contributed by atoms with van der Waals surface area (Å²) in [5.41, 5.74) is 16.4. The van der Waals surface area contributed by atoms with Gasteiger partial charge in [-0.3, -0.25) is 15.6 Å². The van der Waals surface area contributed by atoms with Gasteiger partial charge in [-0.15, -0.1) is 11.3 Å². The van der Waals surface area contributed by atoms with E-state index in [1.807, 2.05) is 0 Å². The van der Waals surface area contributed by atoms with Gasteiger partial charge in [0.1, 0.15) is 11.4 Å². The third-order valence-electron chi connectivity index (χ3n) is 2.59. The molecular formula is C13H15N7O2S2. The zero-order chi connectivity index (χ0) is 17.5. The van der Waals surface area contributed by atoms with Gasteiger partial charge in [-0.1, -0.05) is 0 Å². The molecule has 0 saturated carbocycles. The molecule has 0 unspecified atom stereocenters. The minimum Gasteiger partial charge on any atom is -0.497 e. The van der Waals surface area contributed by atoms with Gasteiger partial charge in [-0.05, 0) is 36.5 Å². The quantitative estimate of drug-likeness (QED) is 0.231. The van der Waals surface area contributed by atoms with E-state index >= 15 is 0 Å². The lowest BCUT2D eigenvalue weighted by atomic mass is 10.3. The van der Waals surface area contributed by atoms with Crippen molar-refractivity contribution in [3.05, 3.63) is 35.3 Å². The van der Waals surface area contributed by atoms with Crippen LogP contribution in [0.1, 0.15) is 10.5 Å². The summed E-state index contributed by atoms with van der Waals surface area (Å²) in [4.78, 5) is 19.7. The lowest BCUT2D eigenvalue weighted by molar-refractivity contribution is 0.0940. The number of hydrogen-bond acceptors (Lipinski definition) is 6. The highest BCUT2D eigenvalue weighted by Crippen LogP contribution is 2.18. The summed E-state index contributed by atoms with van der Waals surface area (Å²) < 4.78 is 5.06. The minimum atomic E-state index is -0.470. The molecule has 1 aromatic carbocycles. The molecule has 0 spiro atoms. The molecule has 0 aliphatic rings. The molecule has 0 radical (unpaired) electrons. The van der Waals surface area contributed by atoms with Crippen LogP contribution in [0.15, 0.2) is 34.6 Å². The second-order valence-electron chi connectivity index (χ2n) is 4.31. The average molecular weight is 365 g/mol. The summed E-state index contributed by atoms with van der Waals surface area (Å²) in [6.45, 7) is 0. The lowest BCUT2D eigenvalue weighted by Crippen LogP contribution is -2.43. The second-order valence-corrected chi connectivity index (χ2v) is 5.56. The summed E-state index contributed by atoms with van der Waals surface area (Å²) in [6, 6.07) is 7.14. The molecule has 11 heteroatoms. The van der Waals surface area contributed by atoms with E-state index in [0.29, 0.717) is 5.13 Å². The Bertz CT molecular complexity index is 754. The van der Waals surface area contributed by atoms with Crippen molar-refractivity contribution in [2.45, 2.75) is 0 Å². The number of benzene rings is 1. The third-order valence-corrected chi connectivity index (χ3v) is 3.53. The number of thiocarbonyl (C=S) groups is 1. The van der Waals surface area contributed by atoms with Gasteiger partial charge in [0.25, 0.3) is 5.91 Å². The number of thiazole rings is 1. The maximum Gasteiger partial charge on any atom is 0.289 e. The van der Waals surface area contributed by atoms with Crippen molar-refractivity contribution >= 4 is 51.4 Å². The first-order valence-corrected chi connectivity index (χ1v) is 7.83. The van der Waals surface area contributed by atoms with Gasteiger partial charge in [0.05, 0.1) is 7.11 Å². The number of aliphatic imine (C=N–C) groups is 1. The Morgan fingerprint density at radius 2 is 2.00 bits per heavy atom. The van der Waals surface area contributed by atoms with E-state index in [0.717, 1.165) is 22.8 Å². The van der Waals surface area contributed by atoms with Crippen molar-refractivity contribution in [1.29, 1.82) is 0 Å². The summed E-state index contributed by atoms with van der Waals surface area (Å²) in [5, 5.41) is 4.94. The van der Waals surface area contributed by atoms with E-state index in [4.69, 9.17) is 28.4 Å². The number of nitrogens with two attached hydrogens (primary N) is 2. The minimum absolute atomic E-state index is 0.126. The first-order valence-electron chi connectivity index (χ1n) is 6.54. The maximum absolute atomic E-state index is 11.9. The fraction of sp³-hybridized carbons (Fsp3) is 0.0769. The highest BCUT2D eigenvalue weighted by atomic mass is 32.1. The van der Waals surface area contributed by atoms with Crippen LogP contribution in [0.5, 0.6) is 5.75 Å². The zero-order valence-electron chi connectivity index (χ0n) is 12.6. The van der Waals surface area contributed by atoms with E-state index in [1.165, 1.54) is 5.38 Å². The van der Waals surface area contributed by atoms with Crippen LogP contribution < -0.4 is 32.4 Å². The van der Waals surface area contributed by atoms with E-state index < -0.39 is 5.91 Å². The molecule has 1 heterocycles. The lowest BCUT2D eigenvalue weighted by Gasteiger charge is -2.11. The number of nitrogens with one attached hydrogen (secondary N) is 3. The molecule has 0 saturated heterocycles. The van der Waals surface area contributed by atoms with E-state index in [1.54, 1.807) is 31.4 Å². The molecule has 2 rings (SSSR count). The zero-order valence-corrected chi connectivity index (χ0v) is 14.2. The first-order chi connectivity index (χ1) is 11.5. The summed E-state index contributed by atoms with van der Waals surface area (Å²) >= 11 is 6.23. The van der Waals surface area contributed by atoms with Gasteiger partial charge < -0.3 is 21.5 Å². The predicted molar refractivity (Wildman–Crippen MR) is 97.4 cm³/mol. The summed E-state index contributed by atoms with van der Waals surface area (Å²) in [7, 11) is 1.58. The fourth-order valence-electron chi connectivity index (χ4n) is 1.54. The number of ether oxygens (including phenoxy) is 1. The Balaban J connectivity index is 1.85. The predicted octanol–water partition coefficient (Wildman–Crippen LogP) is 0.688. The van der Waals surface area contributed by atoms with E-state index in [9.17, 15) is 4.79 Å². The first kappa shape index (κ1) is 17.4.